The summed E-state index contributed by atoms with van der Waals surface area (Å²) in [5.74, 6) is -1.50. The second kappa shape index (κ2) is 4.71. The van der Waals surface area contributed by atoms with Gasteiger partial charge in [0.05, 0.1) is 5.92 Å². The average Bonchev–Trinajstić information content (AvgIpc) is 2.72. The molecule has 92 valence electrons. The van der Waals surface area contributed by atoms with Gasteiger partial charge in [-0.05, 0) is 31.2 Å². The molecule has 0 bridgehead atoms. The summed E-state index contributed by atoms with van der Waals surface area (Å²) in [6.45, 7) is 1.49. The summed E-state index contributed by atoms with van der Waals surface area (Å²) in [5.41, 5.74) is 0.496. The maximum Gasteiger partial charge on any atom is 0.307 e. The van der Waals surface area contributed by atoms with E-state index in [1.165, 1.54) is 18.2 Å². The molecule has 0 aliphatic carbocycles. The van der Waals surface area contributed by atoms with E-state index in [-0.39, 0.29) is 11.7 Å². The SMILES string of the molecule is O=C(O)C1CCN(Cc2cc(F)ccc2O)C1. The lowest BCUT2D eigenvalue weighted by Gasteiger charge is -2.16. The zero-order valence-electron chi connectivity index (χ0n) is 9.27. The van der Waals surface area contributed by atoms with Crippen molar-refractivity contribution < 1.29 is 19.4 Å². The lowest BCUT2D eigenvalue weighted by Crippen LogP contribution is -2.22. The van der Waals surface area contributed by atoms with E-state index in [1.54, 1.807) is 0 Å². The van der Waals surface area contributed by atoms with Crippen molar-refractivity contribution in [3.63, 3.8) is 0 Å². The number of benzene rings is 1. The van der Waals surface area contributed by atoms with E-state index in [4.69, 9.17) is 5.11 Å². The van der Waals surface area contributed by atoms with Crippen LogP contribution in [0.3, 0.4) is 0 Å². The maximum atomic E-state index is 13.0. The minimum Gasteiger partial charge on any atom is -0.508 e. The fourth-order valence-corrected chi connectivity index (χ4v) is 2.10. The Morgan fingerprint density at radius 3 is 2.94 bits per heavy atom. The Labute approximate surface area is 98.3 Å². The number of aliphatic carboxylic acids is 1. The predicted molar refractivity (Wildman–Crippen MR) is 59.1 cm³/mol. The molecule has 17 heavy (non-hydrogen) atoms. The first-order chi connectivity index (χ1) is 8.06. The molecule has 0 aromatic heterocycles. The Hall–Kier alpha value is -1.62. The maximum absolute atomic E-state index is 13.0. The average molecular weight is 239 g/mol. The number of halogens is 1. The van der Waals surface area contributed by atoms with Gasteiger partial charge in [0.1, 0.15) is 11.6 Å². The first-order valence-corrected chi connectivity index (χ1v) is 5.49. The van der Waals surface area contributed by atoms with E-state index in [1.807, 2.05) is 4.90 Å². The van der Waals surface area contributed by atoms with Crippen LogP contribution < -0.4 is 0 Å². The largest absolute Gasteiger partial charge is 0.508 e. The van der Waals surface area contributed by atoms with Crippen molar-refractivity contribution in [2.45, 2.75) is 13.0 Å². The van der Waals surface area contributed by atoms with E-state index in [9.17, 15) is 14.3 Å². The van der Waals surface area contributed by atoms with Gasteiger partial charge in [0, 0.05) is 18.7 Å². The molecule has 1 aliphatic rings. The van der Waals surface area contributed by atoms with Crippen molar-refractivity contribution in [2.24, 2.45) is 5.92 Å². The van der Waals surface area contributed by atoms with Crippen LogP contribution in [0.5, 0.6) is 5.75 Å². The number of rotatable bonds is 3. The van der Waals surface area contributed by atoms with Crippen LogP contribution in [0.1, 0.15) is 12.0 Å². The van der Waals surface area contributed by atoms with Crippen molar-refractivity contribution in [2.75, 3.05) is 13.1 Å². The van der Waals surface area contributed by atoms with Crippen LogP contribution in [-0.2, 0) is 11.3 Å². The van der Waals surface area contributed by atoms with Gasteiger partial charge in [-0.15, -0.1) is 0 Å². The van der Waals surface area contributed by atoms with E-state index in [2.05, 4.69) is 0 Å². The van der Waals surface area contributed by atoms with Crippen molar-refractivity contribution >= 4 is 5.97 Å². The molecular weight excluding hydrogens is 225 g/mol. The summed E-state index contributed by atoms with van der Waals surface area (Å²) in [4.78, 5) is 12.7. The molecule has 2 rings (SSSR count). The van der Waals surface area contributed by atoms with Crippen LogP contribution in [0, 0.1) is 11.7 Å². The van der Waals surface area contributed by atoms with Gasteiger partial charge in [0.25, 0.3) is 0 Å². The third kappa shape index (κ3) is 2.74. The fourth-order valence-electron chi connectivity index (χ4n) is 2.10. The third-order valence-corrected chi connectivity index (χ3v) is 3.06. The zero-order chi connectivity index (χ0) is 12.4. The van der Waals surface area contributed by atoms with Gasteiger partial charge in [-0.3, -0.25) is 9.69 Å². The minimum atomic E-state index is -0.795. The van der Waals surface area contributed by atoms with Gasteiger partial charge >= 0.3 is 5.97 Å². The van der Waals surface area contributed by atoms with Gasteiger partial charge in [-0.25, -0.2) is 4.39 Å². The van der Waals surface area contributed by atoms with E-state index in [0.29, 0.717) is 31.6 Å². The Morgan fingerprint density at radius 1 is 1.53 bits per heavy atom. The second-order valence-corrected chi connectivity index (χ2v) is 4.33. The number of likely N-dealkylation sites (tertiary alicyclic amines) is 1. The summed E-state index contributed by atoms with van der Waals surface area (Å²) in [5, 5.41) is 18.4. The molecule has 1 aromatic carbocycles. The van der Waals surface area contributed by atoms with Gasteiger partial charge < -0.3 is 10.2 Å². The molecular formula is C12H14FNO3. The van der Waals surface area contributed by atoms with Crippen LogP contribution in [0.15, 0.2) is 18.2 Å². The van der Waals surface area contributed by atoms with Crippen molar-refractivity contribution in [1.29, 1.82) is 0 Å². The number of carbonyl (C=O) groups is 1. The first-order valence-electron chi connectivity index (χ1n) is 5.49. The standard InChI is InChI=1S/C12H14FNO3/c13-10-1-2-11(15)9(5-10)7-14-4-3-8(6-14)12(16)17/h1-2,5,8,15H,3-4,6-7H2,(H,16,17). The number of carboxylic acid groups (broad SMARTS) is 1. The number of nitrogens with zero attached hydrogens (tertiary/aromatic N) is 1. The molecule has 4 nitrogen and oxygen atoms in total. The zero-order valence-corrected chi connectivity index (χ0v) is 9.27. The van der Waals surface area contributed by atoms with Crippen molar-refractivity contribution in [1.82, 2.24) is 4.90 Å². The molecule has 1 saturated heterocycles. The quantitative estimate of drug-likeness (QED) is 0.837. The normalized spacial score (nSPS) is 20.6. The molecule has 0 amide bonds. The van der Waals surface area contributed by atoms with Gasteiger partial charge in [0.15, 0.2) is 0 Å². The third-order valence-electron chi connectivity index (χ3n) is 3.06. The second-order valence-electron chi connectivity index (χ2n) is 4.33. The number of hydrogen-bond donors (Lipinski definition) is 2. The van der Waals surface area contributed by atoms with Gasteiger partial charge in [-0.1, -0.05) is 0 Å². The van der Waals surface area contributed by atoms with E-state index in [0.717, 1.165) is 0 Å². The number of phenolic OH excluding ortho intramolecular Hbond substituents is 1. The number of phenols is 1. The highest BCUT2D eigenvalue weighted by Gasteiger charge is 2.28. The van der Waals surface area contributed by atoms with Crippen molar-refractivity contribution in [3.05, 3.63) is 29.6 Å². The fraction of sp³-hybridized carbons (Fsp3) is 0.417. The van der Waals surface area contributed by atoms with Crippen LogP contribution >= 0.6 is 0 Å². The minimum absolute atomic E-state index is 0.0465. The predicted octanol–water partition coefficient (Wildman–Crippen LogP) is 1.44. The molecule has 1 fully saturated rings. The monoisotopic (exact) mass is 239 g/mol. The topological polar surface area (TPSA) is 60.8 Å². The summed E-state index contributed by atoms with van der Waals surface area (Å²) in [6.07, 6.45) is 0.603. The summed E-state index contributed by atoms with van der Waals surface area (Å²) in [7, 11) is 0. The highest BCUT2D eigenvalue weighted by Crippen LogP contribution is 2.23. The van der Waals surface area contributed by atoms with Crippen LogP contribution in [0.4, 0.5) is 4.39 Å². The van der Waals surface area contributed by atoms with E-state index >= 15 is 0 Å². The highest BCUT2D eigenvalue weighted by molar-refractivity contribution is 5.70. The number of carboxylic acids is 1. The molecule has 1 heterocycles. The summed E-state index contributed by atoms with van der Waals surface area (Å²) >= 11 is 0. The number of hydrogen-bond acceptors (Lipinski definition) is 3. The highest BCUT2D eigenvalue weighted by atomic mass is 19.1. The summed E-state index contributed by atoms with van der Waals surface area (Å²) < 4.78 is 13.0. The molecule has 0 radical (unpaired) electrons. The Kier molecular flexibility index (Phi) is 3.28. The lowest BCUT2D eigenvalue weighted by molar-refractivity contribution is -0.141. The molecule has 1 aliphatic heterocycles. The molecule has 2 N–H and O–H groups in total. The van der Waals surface area contributed by atoms with Crippen LogP contribution in [0.2, 0.25) is 0 Å². The molecule has 0 saturated carbocycles. The molecule has 1 aromatic rings. The smallest absolute Gasteiger partial charge is 0.307 e. The Bertz CT molecular complexity index is 436. The Morgan fingerprint density at radius 2 is 2.29 bits per heavy atom. The number of aromatic hydroxyl groups is 1. The summed E-state index contributed by atoms with van der Waals surface area (Å²) in [6, 6.07) is 3.79. The first kappa shape index (κ1) is 11.9. The van der Waals surface area contributed by atoms with Gasteiger partial charge in [-0.2, -0.15) is 0 Å². The Balaban J connectivity index is 2.02. The van der Waals surface area contributed by atoms with E-state index < -0.39 is 11.8 Å². The van der Waals surface area contributed by atoms with Crippen molar-refractivity contribution in [3.8, 4) is 5.75 Å². The lowest BCUT2D eigenvalue weighted by atomic mass is 10.1. The van der Waals surface area contributed by atoms with Gasteiger partial charge in [0.2, 0.25) is 0 Å². The molecule has 1 atom stereocenters. The molecule has 5 heteroatoms. The molecule has 1 unspecified atom stereocenters. The van der Waals surface area contributed by atoms with Crippen LogP contribution in [-0.4, -0.2) is 34.2 Å². The van der Waals surface area contributed by atoms with Crippen LogP contribution in [0.25, 0.3) is 0 Å². The molecule has 0 spiro atoms.